The molecule has 0 aliphatic carbocycles. The van der Waals surface area contributed by atoms with Crippen molar-refractivity contribution in [2.45, 2.75) is 12.8 Å². The Balaban J connectivity index is 2.00. The van der Waals surface area contributed by atoms with Crippen LogP contribution in [-0.4, -0.2) is 35.0 Å². The Morgan fingerprint density at radius 1 is 1.47 bits per heavy atom. The Kier molecular flexibility index (Phi) is 4.47. The van der Waals surface area contributed by atoms with E-state index in [4.69, 9.17) is 16.7 Å². The average Bonchev–Trinajstić information content (AvgIpc) is 2.82. The Labute approximate surface area is 124 Å². The summed E-state index contributed by atoms with van der Waals surface area (Å²) in [7, 11) is 0. The highest BCUT2D eigenvalue weighted by molar-refractivity contribution is 9.10. The third kappa shape index (κ3) is 3.48. The SMILES string of the molecule is O=C(O)[C@H]1CCN(C(=O)Cc2ccc(Cl)cc2Br)C1. The first kappa shape index (κ1) is 14.3. The van der Waals surface area contributed by atoms with Gasteiger partial charge >= 0.3 is 5.97 Å². The number of carboxylic acid groups (broad SMARTS) is 1. The van der Waals surface area contributed by atoms with Gasteiger partial charge < -0.3 is 10.0 Å². The zero-order valence-electron chi connectivity index (χ0n) is 10.1. The summed E-state index contributed by atoms with van der Waals surface area (Å²) in [5.41, 5.74) is 0.855. The molecule has 1 atom stereocenters. The lowest BCUT2D eigenvalue weighted by atomic mass is 10.1. The largest absolute Gasteiger partial charge is 0.481 e. The molecule has 1 aliphatic rings. The maximum Gasteiger partial charge on any atom is 0.308 e. The van der Waals surface area contributed by atoms with E-state index in [1.807, 2.05) is 0 Å². The number of nitrogens with zero attached hydrogens (tertiary/aromatic N) is 1. The number of aliphatic carboxylic acids is 1. The lowest BCUT2D eigenvalue weighted by molar-refractivity contribution is -0.141. The van der Waals surface area contributed by atoms with Crippen molar-refractivity contribution in [1.82, 2.24) is 4.90 Å². The number of hydrogen-bond acceptors (Lipinski definition) is 2. The fourth-order valence-corrected chi connectivity index (χ4v) is 2.95. The Morgan fingerprint density at radius 3 is 2.79 bits per heavy atom. The minimum absolute atomic E-state index is 0.0493. The molecule has 1 aromatic rings. The van der Waals surface area contributed by atoms with Crippen LogP contribution in [0, 0.1) is 5.92 Å². The van der Waals surface area contributed by atoms with E-state index in [1.165, 1.54) is 0 Å². The molecule has 1 heterocycles. The number of carbonyl (C=O) groups is 2. The predicted octanol–water partition coefficient (Wildman–Crippen LogP) is 2.58. The van der Waals surface area contributed by atoms with Gasteiger partial charge in [0.05, 0.1) is 12.3 Å². The molecule has 1 saturated heterocycles. The molecule has 1 aromatic carbocycles. The molecule has 0 radical (unpaired) electrons. The van der Waals surface area contributed by atoms with Gasteiger partial charge in [0.2, 0.25) is 5.91 Å². The lowest BCUT2D eigenvalue weighted by Gasteiger charge is -2.16. The minimum Gasteiger partial charge on any atom is -0.481 e. The van der Waals surface area contributed by atoms with Crippen LogP contribution in [0.4, 0.5) is 0 Å². The monoisotopic (exact) mass is 345 g/mol. The summed E-state index contributed by atoms with van der Waals surface area (Å²) in [6.45, 7) is 0.820. The van der Waals surface area contributed by atoms with Crippen LogP contribution in [0.15, 0.2) is 22.7 Å². The van der Waals surface area contributed by atoms with Gasteiger partial charge in [-0.05, 0) is 24.1 Å². The molecule has 4 nitrogen and oxygen atoms in total. The minimum atomic E-state index is -0.831. The number of hydrogen-bond donors (Lipinski definition) is 1. The van der Waals surface area contributed by atoms with Crippen molar-refractivity contribution >= 4 is 39.4 Å². The second kappa shape index (κ2) is 5.92. The number of benzene rings is 1. The lowest BCUT2D eigenvalue weighted by Crippen LogP contribution is -2.31. The van der Waals surface area contributed by atoms with Gasteiger partial charge in [-0.1, -0.05) is 33.6 Å². The van der Waals surface area contributed by atoms with E-state index < -0.39 is 11.9 Å². The molecular formula is C13H13BrClNO3. The van der Waals surface area contributed by atoms with Crippen LogP contribution in [0.1, 0.15) is 12.0 Å². The highest BCUT2D eigenvalue weighted by Gasteiger charge is 2.30. The third-order valence-corrected chi connectivity index (χ3v) is 4.22. The number of carbonyl (C=O) groups excluding carboxylic acids is 1. The van der Waals surface area contributed by atoms with E-state index in [1.54, 1.807) is 23.1 Å². The number of rotatable bonds is 3. The normalized spacial score (nSPS) is 18.6. The second-order valence-electron chi connectivity index (χ2n) is 4.58. The highest BCUT2D eigenvalue weighted by Crippen LogP contribution is 2.23. The summed E-state index contributed by atoms with van der Waals surface area (Å²) < 4.78 is 0.794. The molecule has 1 amide bonds. The van der Waals surface area contributed by atoms with Crippen molar-refractivity contribution in [2.75, 3.05) is 13.1 Å². The van der Waals surface area contributed by atoms with Crippen LogP contribution < -0.4 is 0 Å². The summed E-state index contributed by atoms with van der Waals surface area (Å²) in [5, 5.41) is 9.52. The molecule has 2 rings (SSSR count). The van der Waals surface area contributed by atoms with Crippen LogP contribution >= 0.6 is 27.5 Å². The van der Waals surface area contributed by atoms with E-state index in [-0.39, 0.29) is 12.3 Å². The van der Waals surface area contributed by atoms with E-state index in [2.05, 4.69) is 15.9 Å². The van der Waals surface area contributed by atoms with E-state index >= 15 is 0 Å². The zero-order chi connectivity index (χ0) is 14.0. The van der Waals surface area contributed by atoms with Crippen molar-refractivity contribution in [3.63, 3.8) is 0 Å². The van der Waals surface area contributed by atoms with Crippen molar-refractivity contribution < 1.29 is 14.7 Å². The maximum absolute atomic E-state index is 12.1. The van der Waals surface area contributed by atoms with E-state index in [0.29, 0.717) is 24.5 Å². The molecule has 0 spiro atoms. The van der Waals surface area contributed by atoms with Crippen LogP contribution in [0.25, 0.3) is 0 Å². The molecule has 19 heavy (non-hydrogen) atoms. The fourth-order valence-electron chi connectivity index (χ4n) is 2.13. The van der Waals surface area contributed by atoms with Gasteiger partial charge in [-0.25, -0.2) is 0 Å². The molecule has 0 saturated carbocycles. The van der Waals surface area contributed by atoms with Crippen LogP contribution in [0.5, 0.6) is 0 Å². The maximum atomic E-state index is 12.1. The summed E-state index contributed by atoms with van der Waals surface area (Å²) in [6.07, 6.45) is 0.785. The molecule has 1 aliphatic heterocycles. The Bertz CT molecular complexity index is 521. The molecule has 0 aromatic heterocycles. The van der Waals surface area contributed by atoms with Crippen LogP contribution in [0.2, 0.25) is 5.02 Å². The number of halogens is 2. The van der Waals surface area contributed by atoms with Crippen molar-refractivity contribution in [1.29, 1.82) is 0 Å². The first-order chi connectivity index (χ1) is 8.97. The quantitative estimate of drug-likeness (QED) is 0.915. The first-order valence-electron chi connectivity index (χ1n) is 5.92. The second-order valence-corrected chi connectivity index (χ2v) is 5.87. The molecule has 0 unspecified atom stereocenters. The summed E-state index contributed by atoms with van der Waals surface area (Å²) in [4.78, 5) is 24.6. The first-order valence-corrected chi connectivity index (χ1v) is 7.09. The predicted molar refractivity (Wildman–Crippen MR) is 75.2 cm³/mol. The Hall–Kier alpha value is -1.07. The van der Waals surface area contributed by atoms with E-state index in [0.717, 1.165) is 10.0 Å². The number of amides is 1. The van der Waals surface area contributed by atoms with Crippen LogP contribution in [0.3, 0.4) is 0 Å². The van der Waals surface area contributed by atoms with E-state index in [9.17, 15) is 9.59 Å². The summed E-state index contributed by atoms with van der Waals surface area (Å²) in [6, 6.07) is 5.28. The Morgan fingerprint density at radius 2 is 2.21 bits per heavy atom. The molecule has 6 heteroatoms. The summed E-state index contributed by atoms with van der Waals surface area (Å²) >= 11 is 9.21. The number of likely N-dealkylation sites (tertiary alicyclic amines) is 1. The van der Waals surface area contributed by atoms with Gasteiger partial charge in [0.15, 0.2) is 0 Å². The van der Waals surface area contributed by atoms with Gasteiger partial charge in [0, 0.05) is 22.6 Å². The number of carboxylic acids is 1. The van der Waals surface area contributed by atoms with Gasteiger partial charge in [-0.3, -0.25) is 9.59 Å². The molecule has 0 bridgehead atoms. The molecule has 1 N–H and O–H groups in total. The molecular weight excluding hydrogens is 334 g/mol. The third-order valence-electron chi connectivity index (χ3n) is 3.25. The van der Waals surface area contributed by atoms with Crippen molar-refractivity contribution in [2.24, 2.45) is 5.92 Å². The fraction of sp³-hybridized carbons (Fsp3) is 0.385. The van der Waals surface area contributed by atoms with Crippen LogP contribution in [-0.2, 0) is 16.0 Å². The van der Waals surface area contributed by atoms with Crippen molar-refractivity contribution in [3.8, 4) is 0 Å². The zero-order valence-corrected chi connectivity index (χ0v) is 12.4. The van der Waals surface area contributed by atoms with Gasteiger partial charge in [0.25, 0.3) is 0 Å². The smallest absolute Gasteiger partial charge is 0.308 e. The average molecular weight is 347 g/mol. The highest BCUT2D eigenvalue weighted by atomic mass is 79.9. The van der Waals surface area contributed by atoms with Gasteiger partial charge in [0.1, 0.15) is 0 Å². The van der Waals surface area contributed by atoms with Gasteiger partial charge in [-0.2, -0.15) is 0 Å². The topological polar surface area (TPSA) is 57.6 Å². The van der Waals surface area contributed by atoms with Gasteiger partial charge in [-0.15, -0.1) is 0 Å². The molecule has 102 valence electrons. The summed E-state index contributed by atoms with van der Waals surface area (Å²) in [5.74, 6) is -1.31. The standard InChI is InChI=1S/C13H13BrClNO3/c14-11-6-10(15)2-1-8(11)5-12(17)16-4-3-9(7-16)13(18)19/h1-2,6,9H,3-5,7H2,(H,18,19)/t9-/m0/s1. The van der Waals surface area contributed by atoms with Crippen molar-refractivity contribution in [3.05, 3.63) is 33.3 Å². The molecule has 1 fully saturated rings.